The fraction of sp³-hybridized carbons (Fsp3) is 0.500. The quantitative estimate of drug-likeness (QED) is 0.927. The maximum atomic E-state index is 13.8. The Morgan fingerprint density at radius 2 is 2.11 bits per heavy atom. The summed E-state index contributed by atoms with van der Waals surface area (Å²) in [7, 11) is 0. The Morgan fingerprint density at radius 1 is 1.42 bits per heavy atom. The Kier molecular flexibility index (Phi) is 2.48. The van der Waals surface area contributed by atoms with Gasteiger partial charge in [-0.25, -0.2) is 13.8 Å². The summed E-state index contributed by atoms with van der Waals surface area (Å²) in [5.41, 5.74) is -1.15. The van der Waals surface area contributed by atoms with Crippen LogP contribution in [0.2, 0.25) is 0 Å². The molecule has 0 bridgehead atoms. The number of rotatable bonds is 3. The summed E-state index contributed by atoms with van der Waals surface area (Å²) in [6.45, 7) is 2.63. The lowest BCUT2D eigenvalue weighted by molar-refractivity contribution is 0.0617. The Balaban J connectivity index is 2.36. The minimum atomic E-state index is -1.24. The van der Waals surface area contributed by atoms with Crippen molar-refractivity contribution in [3.8, 4) is 0 Å². The number of benzene rings is 1. The van der Waals surface area contributed by atoms with Crippen LogP contribution < -0.4 is 0 Å². The van der Waals surface area contributed by atoms with E-state index in [0.717, 1.165) is 0 Å². The standard InChI is InChI=1S/C14H16F2N2O/c1-13(2,19)12-17-11-9(16)4-3-5-10(11)18(12)14(8-15)6-7-14/h3-5,19H,6-8H2,1-2H3. The molecule has 0 amide bonds. The second kappa shape index (κ2) is 3.76. The minimum Gasteiger partial charge on any atom is -0.383 e. The van der Waals surface area contributed by atoms with Gasteiger partial charge in [0.05, 0.1) is 11.1 Å². The molecule has 0 saturated heterocycles. The number of fused-ring (bicyclic) bond motifs is 1. The number of aromatic nitrogens is 2. The number of imidazole rings is 1. The molecule has 1 aromatic heterocycles. The lowest BCUT2D eigenvalue weighted by atomic mass is 10.1. The van der Waals surface area contributed by atoms with Crippen molar-refractivity contribution in [2.45, 2.75) is 37.8 Å². The van der Waals surface area contributed by atoms with Crippen molar-refractivity contribution in [3.63, 3.8) is 0 Å². The van der Waals surface area contributed by atoms with Gasteiger partial charge in [-0.05, 0) is 38.8 Å². The first-order chi connectivity index (χ1) is 8.89. The molecule has 3 rings (SSSR count). The van der Waals surface area contributed by atoms with Crippen molar-refractivity contribution in [1.29, 1.82) is 0 Å². The Bertz CT molecular complexity index is 639. The molecule has 0 unspecified atom stereocenters. The summed E-state index contributed by atoms with van der Waals surface area (Å²) in [5.74, 6) is -0.126. The van der Waals surface area contributed by atoms with Gasteiger partial charge < -0.3 is 9.67 Å². The van der Waals surface area contributed by atoms with E-state index in [1.807, 2.05) is 0 Å². The molecule has 1 fully saturated rings. The molecule has 0 atom stereocenters. The van der Waals surface area contributed by atoms with Crippen molar-refractivity contribution >= 4 is 11.0 Å². The molecule has 102 valence electrons. The lowest BCUT2D eigenvalue weighted by Crippen LogP contribution is -2.29. The number of para-hydroxylation sites is 1. The molecule has 1 aliphatic carbocycles. The molecule has 19 heavy (non-hydrogen) atoms. The van der Waals surface area contributed by atoms with E-state index in [0.29, 0.717) is 24.2 Å². The number of nitrogens with zero attached hydrogens (tertiary/aromatic N) is 2. The molecule has 0 radical (unpaired) electrons. The van der Waals surface area contributed by atoms with Crippen LogP contribution >= 0.6 is 0 Å². The van der Waals surface area contributed by atoms with Crippen LogP contribution in [0.4, 0.5) is 8.78 Å². The van der Waals surface area contributed by atoms with Gasteiger partial charge in [-0.1, -0.05) is 6.07 Å². The first kappa shape index (κ1) is 12.5. The SMILES string of the molecule is CC(C)(O)c1nc2c(F)cccc2n1C1(CF)CC1. The van der Waals surface area contributed by atoms with E-state index >= 15 is 0 Å². The van der Waals surface area contributed by atoms with Crippen LogP contribution in [-0.4, -0.2) is 21.3 Å². The molecular formula is C14H16F2N2O. The van der Waals surface area contributed by atoms with Crippen LogP contribution in [0.5, 0.6) is 0 Å². The second-order valence-corrected chi connectivity index (χ2v) is 5.80. The predicted molar refractivity (Wildman–Crippen MR) is 68.1 cm³/mol. The van der Waals surface area contributed by atoms with Gasteiger partial charge >= 0.3 is 0 Å². The van der Waals surface area contributed by atoms with Gasteiger partial charge in [0.25, 0.3) is 0 Å². The third-order valence-corrected chi connectivity index (χ3v) is 3.73. The number of aliphatic hydroxyl groups is 1. The summed E-state index contributed by atoms with van der Waals surface area (Å²) >= 11 is 0. The molecule has 5 heteroatoms. The average molecular weight is 266 g/mol. The van der Waals surface area contributed by atoms with E-state index in [-0.39, 0.29) is 5.52 Å². The molecule has 1 aliphatic rings. The summed E-state index contributed by atoms with van der Waals surface area (Å²) in [4.78, 5) is 4.21. The number of alkyl halides is 1. The van der Waals surface area contributed by atoms with Crippen LogP contribution in [0.25, 0.3) is 11.0 Å². The predicted octanol–water partition coefficient (Wildman–Crippen LogP) is 2.86. The number of hydrogen-bond donors (Lipinski definition) is 1. The lowest BCUT2D eigenvalue weighted by Gasteiger charge is -2.24. The molecule has 1 aromatic carbocycles. The van der Waals surface area contributed by atoms with E-state index in [4.69, 9.17) is 0 Å². The van der Waals surface area contributed by atoms with Gasteiger partial charge in [-0.15, -0.1) is 0 Å². The third kappa shape index (κ3) is 1.75. The largest absolute Gasteiger partial charge is 0.383 e. The monoisotopic (exact) mass is 266 g/mol. The first-order valence-corrected chi connectivity index (χ1v) is 6.35. The van der Waals surface area contributed by atoms with E-state index in [2.05, 4.69) is 4.98 Å². The average Bonchev–Trinajstić information content (AvgIpc) is 3.02. The molecular weight excluding hydrogens is 250 g/mol. The summed E-state index contributed by atoms with van der Waals surface area (Å²) in [6, 6.07) is 4.62. The molecule has 0 aliphatic heterocycles. The Labute approximate surface area is 109 Å². The summed E-state index contributed by atoms with van der Waals surface area (Å²) < 4.78 is 28.9. The van der Waals surface area contributed by atoms with E-state index < -0.39 is 23.6 Å². The number of halogens is 2. The zero-order valence-electron chi connectivity index (χ0n) is 11.0. The van der Waals surface area contributed by atoms with Gasteiger partial charge in [0.15, 0.2) is 5.82 Å². The fourth-order valence-electron chi connectivity index (χ4n) is 2.52. The fourth-order valence-corrected chi connectivity index (χ4v) is 2.52. The molecule has 3 nitrogen and oxygen atoms in total. The van der Waals surface area contributed by atoms with Crippen molar-refractivity contribution in [2.24, 2.45) is 0 Å². The molecule has 1 saturated carbocycles. The van der Waals surface area contributed by atoms with Gasteiger partial charge in [0.2, 0.25) is 0 Å². The highest BCUT2D eigenvalue weighted by Crippen LogP contribution is 2.48. The van der Waals surface area contributed by atoms with E-state index in [9.17, 15) is 13.9 Å². The molecule has 0 spiro atoms. The molecule has 2 aromatic rings. The first-order valence-electron chi connectivity index (χ1n) is 6.35. The van der Waals surface area contributed by atoms with Gasteiger partial charge in [-0.3, -0.25) is 0 Å². The van der Waals surface area contributed by atoms with Gasteiger partial charge in [-0.2, -0.15) is 0 Å². The van der Waals surface area contributed by atoms with Crippen molar-refractivity contribution < 1.29 is 13.9 Å². The highest BCUT2D eigenvalue weighted by molar-refractivity contribution is 5.77. The second-order valence-electron chi connectivity index (χ2n) is 5.80. The third-order valence-electron chi connectivity index (χ3n) is 3.73. The van der Waals surface area contributed by atoms with Crippen LogP contribution in [0.15, 0.2) is 18.2 Å². The van der Waals surface area contributed by atoms with Crippen LogP contribution in [0.3, 0.4) is 0 Å². The highest BCUT2D eigenvalue weighted by atomic mass is 19.1. The zero-order valence-corrected chi connectivity index (χ0v) is 11.0. The molecule has 1 N–H and O–H groups in total. The van der Waals surface area contributed by atoms with Gasteiger partial charge in [0.1, 0.15) is 23.6 Å². The highest BCUT2D eigenvalue weighted by Gasteiger charge is 2.48. The Hall–Kier alpha value is -1.49. The summed E-state index contributed by atoms with van der Waals surface area (Å²) in [6.07, 6.45) is 1.38. The van der Waals surface area contributed by atoms with Crippen molar-refractivity contribution in [1.82, 2.24) is 9.55 Å². The maximum absolute atomic E-state index is 13.8. The number of hydrogen-bond acceptors (Lipinski definition) is 2. The van der Waals surface area contributed by atoms with Crippen LogP contribution in [0, 0.1) is 5.82 Å². The maximum Gasteiger partial charge on any atom is 0.151 e. The topological polar surface area (TPSA) is 38.1 Å². The van der Waals surface area contributed by atoms with Crippen LogP contribution in [0.1, 0.15) is 32.5 Å². The minimum absolute atomic E-state index is 0.194. The van der Waals surface area contributed by atoms with Crippen LogP contribution in [-0.2, 0) is 11.1 Å². The normalized spacial score (nSPS) is 17.9. The van der Waals surface area contributed by atoms with E-state index in [1.165, 1.54) is 6.07 Å². The van der Waals surface area contributed by atoms with Gasteiger partial charge in [0, 0.05) is 0 Å². The smallest absolute Gasteiger partial charge is 0.151 e. The zero-order chi connectivity index (χ0) is 13.8. The Morgan fingerprint density at radius 3 is 2.63 bits per heavy atom. The van der Waals surface area contributed by atoms with E-state index in [1.54, 1.807) is 30.5 Å². The van der Waals surface area contributed by atoms with Crippen molar-refractivity contribution in [2.75, 3.05) is 6.67 Å². The summed E-state index contributed by atoms with van der Waals surface area (Å²) in [5, 5.41) is 10.2. The van der Waals surface area contributed by atoms with Crippen molar-refractivity contribution in [3.05, 3.63) is 29.8 Å². The molecule has 1 heterocycles.